The van der Waals surface area contributed by atoms with Crippen LogP contribution in [0.4, 0.5) is 0 Å². The van der Waals surface area contributed by atoms with Gasteiger partial charge in [-0.05, 0) is 32.1 Å². The minimum atomic E-state index is -0.818. The van der Waals surface area contributed by atoms with Crippen molar-refractivity contribution in [3.8, 4) is 0 Å². The number of methoxy groups -OCH3 is 1. The van der Waals surface area contributed by atoms with Gasteiger partial charge in [0.1, 0.15) is 5.76 Å². The molecule has 0 spiro atoms. The van der Waals surface area contributed by atoms with E-state index in [9.17, 15) is 9.90 Å². The molecule has 0 aromatic rings. The Morgan fingerprint density at radius 2 is 2.33 bits per heavy atom. The van der Waals surface area contributed by atoms with Crippen molar-refractivity contribution >= 4 is 5.97 Å². The molecule has 0 aliphatic heterocycles. The Morgan fingerprint density at radius 3 is 2.80 bits per heavy atom. The molecule has 1 N–H and O–H groups in total. The van der Waals surface area contributed by atoms with Gasteiger partial charge < -0.3 is 14.6 Å². The molecule has 1 aliphatic rings. The normalized spacial score (nSPS) is 26.8. The molecule has 0 radical (unpaired) electrons. The highest BCUT2D eigenvalue weighted by Gasteiger charge is 2.21. The molecule has 1 rings (SSSR count). The van der Waals surface area contributed by atoms with E-state index >= 15 is 0 Å². The average molecular weight is 212 g/mol. The smallest absolute Gasteiger partial charge is 0.346 e. The second-order valence-electron chi connectivity index (χ2n) is 3.78. The molecule has 84 valence electrons. The highest BCUT2D eigenvalue weighted by Crippen LogP contribution is 2.21. The summed E-state index contributed by atoms with van der Waals surface area (Å²) < 4.78 is 9.86. The number of allylic oxidation sites excluding steroid dienone is 1. The molecule has 2 atom stereocenters. The van der Waals surface area contributed by atoms with Gasteiger partial charge in [-0.3, -0.25) is 0 Å². The summed E-state index contributed by atoms with van der Waals surface area (Å²) in [7, 11) is 1.32. The number of hydrogen-bond acceptors (Lipinski definition) is 4. The number of carbonyl (C=O) groups is 1. The van der Waals surface area contributed by atoms with Crippen molar-refractivity contribution < 1.29 is 19.4 Å². The fourth-order valence-corrected chi connectivity index (χ4v) is 1.21. The number of rotatable bonds is 3. The lowest BCUT2D eigenvalue weighted by atomic mass is 9.97. The summed E-state index contributed by atoms with van der Waals surface area (Å²) in [5.41, 5.74) is -0.818. The Hall–Kier alpha value is -1.29. The summed E-state index contributed by atoms with van der Waals surface area (Å²) in [6.07, 6.45) is 4.90. The Labute approximate surface area is 89.2 Å². The van der Waals surface area contributed by atoms with Gasteiger partial charge in [0.05, 0.1) is 12.7 Å². The van der Waals surface area contributed by atoms with Crippen LogP contribution in [0.25, 0.3) is 0 Å². The van der Waals surface area contributed by atoms with Gasteiger partial charge in [-0.25, -0.2) is 4.79 Å². The predicted molar refractivity (Wildman–Crippen MR) is 55.0 cm³/mol. The van der Waals surface area contributed by atoms with E-state index in [2.05, 4.69) is 4.74 Å². The van der Waals surface area contributed by atoms with Gasteiger partial charge in [0.15, 0.2) is 6.10 Å². The first-order valence-electron chi connectivity index (χ1n) is 4.81. The van der Waals surface area contributed by atoms with Crippen LogP contribution in [0.2, 0.25) is 0 Å². The Bertz CT molecular complexity index is 302. The molecule has 4 heteroatoms. The van der Waals surface area contributed by atoms with Crippen molar-refractivity contribution in [2.24, 2.45) is 0 Å². The molecular formula is C11H16O4. The summed E-state index contributed by atoms with van der Waals surface area (Å²) in [4.78, 5) is 11.1. The third kappa shape index (κ3) is 3.40. The van der Waals surface area contributed by atoms with Crippen LogP contribution in [0.1, 0.15) is 20.3 Å². The molecule has 0 bridgehead atoms. The van der Waals surface area contributed by atoms with E-state index in [4.69, 9.17) is 4.74 Å². The van der Waals surface area contributed by atoms with Crippen LogP contribution in [0.5, 0.6) is 0 Å². The zero-order valence-corrected chi connectivity index (χ0v) is 9.19. The maximum atomic E-state index is 11.1. The second kappa shape index (κ2) is 4.49. The SMILES string of the molecule is COC(=O)C(C)OC1=CCC(C)(O)C=C1. The lowest BCUT2D eigenvalue weighted by Gasteiger charge is -2.22. The van der Waals surface area contributed by atoms with E-state index < -0.39 is 17.7 Å². The molecule has 0 saturated heterocycles. The highest BCUT2D eigenvalue weighted by molar-refractivity contribution is 5.74. The average Bonchev–Trinajstić information content (AvgIpc) is 2.20. The van der Waals surface area contributed by atoms with Gasteiger partial charge in [0.2, 0.25) is 0 Å². The minimum Gasteiger partial charge on any atom is -0.479 e. The molecule has 4 nitrogen and oxygen atoms in total. The fraction of sp³-hybridized carbons (Fsp3) is 0.545. The van der Waals surface area contributed by atoms with E-state index in [0.29, 0.717) is 12.2 Å². The van der Waals surface area contributed by atoms with Gasteiger partial charge in [-0.1, -0.05) is 0 Å². The van der Waals surface area contributed by atoms with Crippen molar-refractivity contribution in [2.75, 3.05) is 7.11 Å². The number of hydrogen-bond donors (Lipinski definition) is 1. The summed E-state index contributed by atoms with van der Waals surface area (Å²) >= 11 is 0. The third-order valence-electron chi connectivity index (χ3n) is 2.17. The third-order valence-corrected chi connectivity index (χ3v) is 2.17. The predicted octanol–water partition coefficient (Wildman–Crippen LogP) is 1.16. The molecule has 2 unspecified atom stereocenters. The maximum absolute atomic E-state index is 11.1. The molecule has 0 fully saturated rings. The first kappa shape index (κ1) is 11.8. The number of aliphatic hydroxyl groups is 1. The molecule has 0 aromatic heterocycles. The number of carbonyl (C=O) groups excluding carboxylic acids is 1. The summed E-state index contributed by atoms with van der Waals surface area (Å²) in [6, 6.07) is 0. The zero-order chi connectivity index (χ0) is 11.5. The van der Waals surface area contributed by atoms with E-state index in [1.165, 1.54) is 7.11 Å². The molecule has 0 amide bonds. The van der Waals surface area contributed by atoms with Crippen LogP contribution < -0.4 is 0 Å². The Balaban J connectivity index is 2.52. The van der Waals surface area contributed by atoms with E-state index in [1.54, 1.807) is 32.1 Å². The van der Waals surface area contributed by atoms with E-state index in [1.807, 2.05) is 0 Å². The van der Waals surface area contributed by atoms with Gasteiger partial charge in [-0.15, -0.1) is 0 Å². The first-order chi connectivity index (χ1) is 6.94. The van der Waals surface area contributed by atoms with Crippen molar-refractivity contribution in [2.45, 2.75) is 32.0 Å². The van der Waals surface area contributed by atoms with Gasteiger partial charge in [-0.2, -0.15) is 0 Å². The number of esters is 1. The quantitative estimate of drug-likeness (QED) is 0.713. The number of ether oxygens (including phenoxy) is 2. The molecule has 0 aromatic carbocycles. The molecule has 1 aliphatic carbocycles. The van der Waals surface area contributed by atoms with Crippen molar-refractivity contribution in [3.05, 3.63) is 24.0 Å². The molecule has 0 saturated carbocycles. The van der Waals surface area contributed by atoms with Crippen LogP contribution in [0, 0.1) is 0 Å². The van der Waals surface area contributed by atoms with Gasteiger partial charge in [0.25, 0.3) is 0 Å². The standard InChI is InChI=1S/C11H16O4/c1-8(10(12)14-3)15-9-4-6-11(2,13)7-5-9/h4-6,8,13H,7H2,1-3H3. The summed E-state index contributed by atoms with van der Waals surface area (Å²) in [5.74, 6) is 0.168. The Kier molecular flexibility index (Phi) is 3.52. The van der Waals surface area contributed by atoms with Crippen molar-refractivity contribution in [1.29, 1.82) is 0 Å². The topological polar surface area (TPSA) is 55.8 Å². The van der Waals surface area contributed by atoms with Crippen LogP contribution in [0.15, 0.2) is 24.0 Å². The van der Waals surface area contributed by atoms with Gasteiger partial charge >= 0.3 is 5.97 Å². The van der Waals surface area contributed by atoms with Crippen molar-refractivity contribution in [3.63, 3.8) is 0 Å². The molecule has 15 heavy (non-hydrogen) atoms. The van der Waals surface area contributed by atoms with E-state index in [-0.39, 0.29) is 0 Å². The maximum Gasteiger partial charge on any atom is 0.346 e. The lowest BCUT2D eigenvalue weighted by molar-refractivity contribution is -0.150. The first-order valence-corrected chi connectivity index (χ1v) is 4.81. The molecule has 0 heterocycles. The lowest BCUT2D eigenvalue weighted by Crippen LogP contribution is -2.25. The zero-order valence-electron chi connectivity index (χ0n) is 9.19. The fourth-order valence-electron chi connectivity index (χ4n) is 1.21. The van der Waals surface area contributed by atoms with Gasteiger partial charge in [0, 0.05) is 6.42 Å². The summed E-state index contributed by atoms with van der Waals surface area (Å²) in [6.45, 7) is 3.33. The van der Waals surface area contributed by atoms with Crippen LogP contribution in [-0.4, -0.2) is 29.9 Å². The highest BCUT2D eigenvalue weighted by atomic mass is 16.6. The van der Waals surface area contributed by atoms with E-state index in [0.717, 1.165) is 0 Å². The van der Waals surface area contributed by atoms with Crippen molar-refractivity contribution in [1.82, 2.24) is 0 Å². The monoisotopic (exact) mass is 212 g/mol. The summed E-state index contributed by atoms with van der Waals surface area (Å²) in [5, 5.41) is 9.60. The van der Waals surface area contributed by atoms with Crippen LogP contribution in [-0.2, 0) is 14.3 Å². The largest absolute Gasteiger partial charge is 0.479 e. The minimum absolute atomic E-state index is 0.415. The van der Waals surface area contributed by atoms with Crippen LogP contribution in [0.3, 0.4) is 0 Å². The Morgan fingerprint density at radius 1 is 1.67 bits per heavy atom. The second-order valence-corrected chi connectivity index (χ2v) is 3.78. The van der Waals surface area contributed by atoms with Crippen LogP contribution >= 0.6 is 0 Å². The molecular weight excluding hydrogens is 196 g/mol.